The first-order valence-electron chi connectivity index (χ1n) is 23.3. The number of H-pyrrole nitrogens is 1. The molecule has 388 valence electrons. The molecule has 3 aliphatic rings. The third-order valence-electron chi connectivity index (χ3n) is 13.0. The molecular formula is C43H56F2N9O13P2SSi2+. The lowest BCUT2D eigenvalue weighted by Crippen LogP contribution is -2.65. The average Bonchev–Trinajstić information content (AvgIpc) is 4.08. The number of carbonyl (C=O) groups excluding carboxylic acids is 1. The maximum Gasteiger partial charge on any atom is 0.695 e. The van der Waals surface area contributed by atoms with E-state index in [1.54, 1.807) is 30.3 Å². The van der Waals surface area contributed by atoms with Crippen LogP contribution in [0.1, 0.15) is 84.6 Å². The van der Waals surface area contributed by atoms with Gasteiger partial charge >= 0.3 is 32.1 Å². The summed E-state index contributed by atoms with van der Waals surface area (Å²) < 4.78 is 107. The Morgan fingerprint density at radius 2 is 1.71 bits per heavy atom. The fourth-order valence-corrected chi connectivity index (χ4v) is 23.2. The SMILES string of the molecule is CC(C)[Si]1(C(C)C)OC[C@H]2O[C@@H](n3cc(F)c4c(=O)[nH]cnc43)[C@H](OP(=S)(OCCC#N)OC[C@H]3OC(n4cnc5c(NC(=O)c6ccccc6)ncnc54)[C@H](F)[C@@H]3O[P+](=O)O)[C@@H]2O[Si](C(C)C)(C(C)C)O1. The zero-order chi connectivity index (χ0) is 51.9. The topological polar surface area (TPSA) is 268 Å². The summed E-state index contributed by atoms with van der Waals surface area (Å²) in [7, 11) is -9.99. The van der Waals surface area contributed by atoms with Gasteiger partial charge in [0.05, 0.1) is 45.0 Å². The molecule has 3 saturated heterocycles. The Kier molecular flexibility index (Phi) is 16.5. The highest BCUT2D eigenvalue weighted by Gasteiger charge is 2.63. The summed E-state index contributed by atoms with van der Waals surface area (Å²) in [4.78, 5) is 55.5. The minimum absolute atomic E-state index is 0.0171. The predicted octanol–water partition coefficient (Wildman–Crippen LogP) is 7.64. The first-order chi connectivity index (χ1) is 34.2. The molecule has 3 N–H and O–H groups in total. The number of hydrogen-bond acceptors (Lipinski definition) is 18. The van der Waals surface area contributed by atoms with Crippen LogP contribution >= 0.6 is 15.0 Å². The number of hydrogen-bond donors (Lipinski definition) is 3. The van der Waals surface area contributed by atoms with E-state index in [0.29, 0.717) is 5.56 Å². The average molecular weight is 1100 g/mol. The number of aromatic nitrogens is 7. The van der Waals surface area contributed by atoms with Gasteiger partial charge in [-0.05, 0) is 46.1 Å². The van der Waals surface area contributed by atoms with Crippen molar-refractivity contribution in [3.63, 3.8) is 0 Å². The summed E-state index contributed by atoms with van der Waals surface area (Å²) in [6, 6.07) is 10.3. The second kappa shape index (κ2) is 21.9. The van der Waals surface area contributed by atoms with E-state index in [2.05, 4.69) is 57.9 Å². The summed E-state index contributed by atoms with van der Waals surface area (Å²) in [5.41, 5.74) is -0.780. The van der Waals surface area contributed by atoms with Crippen molar-refractivity contribution in [1.29, 1.82) is 5.26 Å². The maximum absolute atomic E-state index is 16.8. The number of carbonyl (C=O) groups is 1. The third kappa shape index (κ3) is 10.4. The van der Waals surface area contributed by atoms with Gasteiger partial charge in [-0.25, -0.2) is 28.7 Å². The monoisotopic (exact) mass is 1090 g/mol. The second-order valence-electron chi connectivity index (χ2n) is 18.7. The number of rotatable bonds is 18. The highest BCUT2D eigenvalue weighted by Crippen LogP contribution is 2.57. The zero-order valence-corrected chi connectivity index (χ0v) is 45.1. The van der Waals surface area contributed by atoms with E-state index in [1.165, 1.54) is 15.5 Å². The van der Waals surface area contributed by atoms with Crippen LogP contribution in [-0.4, -0.2) is 118 Å². The Morgan fingerprint density at radius 1 is 1.00 bits per heavy atom. The van der Waals surface area contributed by atoms with Crippen molar-refractivity contribution in [3.05, 3.63) is 77.2 Å². The van der Waals surface area contributed by atoms with Crippen molar-refractivity contribution in [3.8, 4) is 6.07 Å². The Hall–Kier alpha value is -4.21. The van der Waals surface area contributed by atoms with Gasteiger partial charge in [-0.3, -0.25) is 18.7 Å². The lowest BCUT2D eigenvalue weighted by Gasteiger charge is -2.51. The molecular weight excluding hydrogens is 1040 g/mol. The lowest BCUT2D eigenvalue weighted by molar-refractivity contribution is -0.0584. The van der Waals surface area contributed by atoms with Crippen LogP contribution in [-0.2, 0) is 56.9 Å². The zero-order valence-electron chi connectivity index (χ0n) is 40.5. The van der Waals surface area contributed by atoms with Gasteiger partial charge in [-0.15, -0.1) is 9.42 Å². The molecule has 0 saturated carbocycles. The number of nitriles is 1. The molecule has 3 aliphatic heterocycles. The standard InChI is InChI=1S/C43H55F2N9O13P2SSi2/c1-23(2)71(24(3)4)61-19-30-35(66-72(67-71,25(5)6)26(7)8)36(43(63-30)53-17-28(44)31-38(53)48-21-50-41(31)56)65-69(70,59-16-12-15-46)60-18-29-34(64-68(57)58)32(45)42(62-29)54-22-51-33-37(47-20-49-39(33)54)52-40(55)27-13-10-9-11-14-27/h9-11,13-14,17,20-26,29-30,32,34-36,42-43H,12,16,18-19H2,1-8H3,(H2-,47,48,49,50,52,55,56,57,58)/p+1/t29-,30-,32-,34-,35-,36-,42?,43-,69?/m1/s1. The van der Waals surface area contributed by atoms with Crippen LogP contribution in [0.4, 0.5) is 14.6 Å². The number of alkyl halides is 1. The number of anilines is 1. The number of nitrogens with one attached hydrogen (secondary N) is 2. The molecule has 72 heavy (non-hydrogen) atoms. The molecule has 3 fully saturated rings. The Balaban J connectivity index is 1.15. The number of benzene rings is 1. The number of amides is 1. The van der Waals surface area contributed by atoms with E-state index in [-0.39, 0.29) is 69.8 Å². The fourth-order valence-electron chi connectivity index (χ4n) is 9.50. The van der Waals surface area contributed by atoms with Gasteiger partial charge in [-0.2, -0.15) is 5.26 Å². The highest BCUT2D eigenvalue weighted by atomic mass is 32.5. The minimum atomic E-state index is -4.26. The van der Waals surface area contributed by atoms with E-state index in [9.17, 15) is 24.3 Å². The molecule has 0 radical (unpaired) electrons. The van der Waals surface area contributed by atoms with E-state index < -0.39 is 105 Å². The van der Waals surface area contributed by atoms with Gasteiger partial charge in [0, 0.05) is 16.3 Å². The molecule has 0 spiro atoms. The Bertz CT molecular complexity index is 2920. The molecule has 3 unspecified atom stereocenters. The van der Waals surface area contributed by atoms with Crippen molar-refractivity contribution in [2.24, 2.45) is 0 Å². The molecule has 22 nitrogen and oxygen atoms in total. The summed E-state index contributed by atoms with van der Waals surface area (Å²) in [5.74, 6) is -1.38. The quantitative estimate of drug-likeness (QED) is 0.0432. The van der Waals surface area contributed by atoms with Gasteiger partial charge in [0.2, 0.25) is 0 Å². The molecule has 1 aromatic carbocycles. The number of halogens is 2. The van der Waals surface area contributed by atoms with Crippen molar-refractivity contribution < 1.29 is 63.6 Å². The Labute approximate surface area is 420 Å². The molecule has 5 aromatic rings. The van der Waals surface area contributed by atoms with Crippen molar-refractivity contribution in [2.45, 2.75) is 133 Å². The maximum atomic E-state index is 16.8. The molecule has 7 heterocycles. The number of aromatic amines is 1. The summed E-state index contributed by atoms with van der Waals surface area (Å²) >= 11 is 6.10. The van der Waals surface area contributed by atoms with Crippen LogP contribution in [0.3, 0.4) is 0 Å². The molecule has 0 bridgehead atoms. The number of ether oxygens (including phenoxy) is 2. The van der Waals surface area contributed by atoms with E-state index in [1.807, 2.05) is 33.8 Å². The van der Waals surface area contributed by atoms with Crippen molar-refractivity contribution in [1.82, 2.24) is 34.1 Å². The third-order valence-corrected chi connectivity index (χ3v) is 26.0. The van der Waals surface area contributed by atoms with E-state index in [0.717, 1.165) is 18.9 Å². The summed E-state index contributed by atoms with van der Waals surface area (Å²) in [5, 5.41) is 11.9. The first-order valence-corrected chi connectivity index (χ1v) is 30.9. The van der Waals surface area contributed by atoms with Gasteiger partial charge < -0.3 is 46.4 Å². The second-order valence-corrected chi connectivity index (χ2v) is 31.2. The molecule has 0 aliphatic carbocycles. The molecule has 29 heteroatoms. The number of nitrogens with zero attached hydrogens (tertiary/aromatic N) is 7. The molecule has 8 rings (SSSR count). The van der Waals surface area contributed by atoms with Crippen molar-refractivity contribution >= 4 is 77.8 Å². The number of imidazole rings is 1. The molecule has 4 aromatic heterocycles. The first kappa shape index (κ1) is 54.1. The summed E-state index contributed by atoms with van der Waals surface area (Å²) in [6.45, 7) is 11.0. The summed E-state index contributed by atoms with van der Waals surface area (Å²) in [6.07, 6.45) is -7.40. The van der Waals surface area contributed by atoms with Crippen LogP contribution < -0.4 is 10.9 Å². The van der Waals surface area contributed by atoms with E-state index >= 15 is 8.78 Å². The molecule has 1 amide bonds. The van der Waals surface area contributed by atoms with Crippen molar-refractivity contribution in [2.75, 3.05) is 25.1 Å². The van der Waals surface area contributed by atoms with E-state index in [4.69, 9.17) is 52.3 Å². The number of fused-ring (bicyclic) bond motifs is 3. The van der Waals surface area contributed by atoms with Gasteiger partial charge in [-0.1, -0.05) is 73.6 Å². The highest BCUT2D eigenvalue weighted by molar-refractivity contribution is 8.07. The van der Waals surface area contributed by atoms with Gasteiger partial charge in [0.25, 0.3) is 11.5 Å². The normalized spacial score (nSPS) is 26.2. The van der Waals surface area contributed by atoms with Crippen LogP contribution in [0, 0.1) is 17.1 Å². The van der Waals surface area contributed by atoms with Crippen LogP contribution in [0.5, 0.6) is 0 Å². The van der Waals surface area contributed by atoms with Gasteiger partial charge in [0.15, 0.2) is 53.2 Å². The Morgan fingerprint density at radius 3 is 2.38 bits per heavy atom. The van der Waals surface area contributed by atoms with Crippen LogP contribution in [0.2, 0.25) is 22.2 Å². The smallest absolute Gasteiger partial charge is 0.414 e. The van der Waals surface area contributed by atoms with Crippen LogP contribution in [0.25, 0.3) is 22.2 Å². The fraction of sp³-hybridized carbons (Fsp3) is 0.558. The minimum Gasteiger partial charge on any atom is -0.414 e. The van der Waals surface area contributed by atoms with Crippen LogP contribution in [0.15, 0.2) is 60.3 Å². The van der Waals surface area contributed by atoms with Gasteiger partial charge in [0.1, 0.15) is 36.1 Å². The predicted molar refractivity (Wildman–Crippen MR) is 263 cm³/mol. The largest absolute Gasteiger partial charge is 0.695 e. The lowest BCUT2D eigenvalue weighted by atomic mass is 10.1. The molecule has 10 atom stereocenters.